The smallest absolute Gasteiger partial charge is 0.191 e. The lowest BCUT2D eigenvalue weighted by molar-refractivity contribution is 0.580. The Bertz CT molecular complexity index is 528. The van der Waals surface area contributed by atoms with Crippen LogP contribution < -0.4 is 10.6 Å². The topological polar surface area (TPSA) is 36.4 Å². The molecule has 0 saturated carbocycles. The van der Waals surface area contributed by atoms with Gasteiger partial charge in [0.2, 0.25) is 0 Å². The van der Waals surface area contributed by atoms with E-state index < -0.39 is 11.6 Å². The molecule has 1 heterocycles. The van der Waals surface area contributed by atoms with E-state index in [0.29, 0.717) is 5.96 Å². The molecule has 1 aliphatic heterocycles. The number of guanidine groups is 1. The lowest BCUT2D eigenvalue weighted by Crippen LogP contribution is -2.43. The molecular formula is C16H23F2N3S. The van der Waals surface area contributed by atoms with Gasteiger partial charge in [-0.2, -0.15) is 11.8 Å². The average Bonchev–Trinajstić information content (AvgIpc) is 2.92. The maximum absolute atomic E-state index is 13.6. The lowest BCUT2D eigenvalue weighted by atomic mass is 10.1. The predicted octanol–water partition coefficient (Wildman–Crippen LogP) is 3.31. The summed E-state index contributed by atoms with van der Waals surface area (Å²) in [6, 6.07) is 3.44. The standard InChI is InChI=1S/C16H23F2N3S/c1-3-19-15(21-11-16(2)7-4-8-22-16)20-10-12-9-13(17)5-6-14(12)18/h5-6,9H,3-4,7-8,10-11H2,1-2H3,(H2,19,20,21). The average molecular weight is 327 g/mol. The van der Waals surface area contributed by atoms with Crippen LogP contribution in [0.15, 0.2) is 23.2 Å². The van der Waals surface area contributed by atoms with Gasteiger partial charge in [0.15, 0.2) is 5.96 Å². The second kappa shape index (κ2) is 7.81. The van der Waals surface area contributed by atoms with E-state index in [4.69, 9.17) is 0 Å². The molecule has 1 aromatic carbocycles. The van der Waals surface area contributed by atoms with Crippen molar-refractivity contribution in [3.8, 4) is 0 Å². The third-order valence-corrected chi connectivity index (χ3v) is 5.23. The molecule has 3 nitrogen and oxygen atoms in total. The van der Waals surface area contributed by atoms with Gasteiger partial charge < -0.3 is 10.6 Å². The molecule has 2 N–H and O–H groups in total. The van der Waals surface area contributed by atoms with E-state index in [2.05, 4.69) is 22.5 Å². The number of aliphatic imine (C=N–C) groups is 1. The van der Waals surface area contributed by atoms with Gasteiger partial charge >= 0.3 is 0 Å². The zero-order valence-corrected chi connectivity index (χ0v) is 13.9. The Balaban J connectivity index is 1.98. The van der Waals surface area contributed by atoms with Crippen LogP contribution in [-0.2, 0) is 6.54 Å². The molecular weight excluding hydrogens is 304 g/mol. The van der Waals surface area contributed by atoms with Crippen LogP contribution in [0.5, 0.6) is 0 Å². The number of benzene rings is 1. The molecule has 1 saturated heterocycles. The number of thioether (sulfide) groups is 1. The Labute approximate surface area is 135 Å². The van der Waals surface area contributed by atoms with E-state index in [-0.39, 0.29) is 16.9 Å². The first-order valence-corrected chi connectivity index (χ1v) is 8.61. The monoisotopic (exact) mass is 327 g/mol. The summed E-state index contributed by atoms with van der Waals surface area (Å²) in [6.07, 6.45) is 2.42. The molecule has 22 heavy (non-hydrogen) atoms. The Morgan fingerprint density at radius 3 is 2.86 bits per heavy atom. The van der Waals surface area contributed by atoms with Crippen LogP contribution in [0.4, 0.5) is 8.78 Å². The first-order chi connectivity index (χ1) is 10.5. The van der Waals surface area contributed by atoms with Crippen molar-refractivity contribution in [2.45, 2.75) is 38.0 Å². The van der Waals surface area contributed by atoms with Crippen LogP contribution >= 0.6 is 11.8 Å². The zero-order valence-electron chi connectivity index (χ0n) is 13.1. The van der Waals surface area contributed by atoms with E-state index in [1.165, 1.54) is 24.7 Å². The third kappa shape index (κ3) is 4.87. The fourth-order valence-electron chi connectivity index (χ4n) is 2.42. The molecule has 1 unspecified atom stereocenters. The van der Waals surface area contributed by atoms with Gasteiger partial charge in [0, 0.05) is 23.4 Å². The van der Waals surface area contributed by atoms with Gasteiger partial charge in [0.25, 0.3) is 0 Å². The lowest BCUT2D eigenvalue weighted by Gasteiger charge is -2.24. The summed E-state index contributed by atoms with van der Waals surface area (Å²) in [5, 5.41) is 6.45. The van der Waals surface area contributed by atoms with Crippen molar-refractivity contribution in [2.24, 2.45) is 4.99 Å². The Morgan fingerprint density at radius 1 is 1.36 bits per heavy atom. The van der Waals surface area contributed by atoms with E-state index in [1.54, 1.807) is 0 Å². The summed E-state index contributed by atoms with van der Waals surface area (Å²) in [4.78, 5) is 4.36. The summed E-state index contributed by atoms with van der Waals surface area (Å²) in [6.45, 7) is 5.87. The van der Waals surface area contributed by atoms with E-state index >= 15 is 0 Å². The van der Waals surface area contributed by atoms with E-state index in [0.717, 1.165) is 25.2 Å². The van der Waals surface area contributed by atoms with Gasteiger partial charge in [0.1, 0.15) is 11.6 Å². The van der Waals surface area contributed by atoms with Crippen LogP contribution in [0.2, 0.25) is 0 Å². The SMILES string of the molecule is CCNC(=NCc1cc(F)ccc1F)NCC1(C)CCCS1. The molecule has 122 valence electrons. The number of hydrogen-bond donors (Lipinski definition) is 2. The van der Waals surface area contributed by atoms with Crippen molar-refractivity contribution < 1.29 is 8.78 Å². The Hall–Kier alpha value is -1.30. The number of hydrogen-bond acceptors (Lipinski definition) is 2. The van der Waals surface area contributed by atoms with E-state index in [9.17, 15) is 8.78 Å². The first kappa shape index (κ1) is 17.1. The maximum atomic E-state index is 13.6. The number of rotatable bonds is 5. The molecule has 1 atom stereocenters. The minimum absolute atomic E-state index is 0.114. The van der Waals surface area contributed by atoms with Crippen molar-refractivity contribution in [3.05, 3.63) is 35.4 Å². The molecule has 0 radical (unpaired) electrons. The van der Waals surface area contributed by atoms with Crippen molar-refractivity contribution in [2.75, 3.05) is 18.8 Å². The second-order valence-electron chi connectivity index (χ2n) is 5.69. The summed E-state index contributed by atoms with van der Waals surface area (Å²) >= 11 is 1.97. The van der Waals surface area contributed by atoms with Crippen molar-refractivity contribution >= 4 is 17.7 Å². The van der Waals surface area contributed by atoms with Gasteiger partial charge in [-0.15, -0.1) is 0 Å². The molecule has 0 aromatic heterocycles. The van der Waals surface area contributed by atoms with Crippen LogP contribution in [0, 0.1) is 11.6 Å². The minimum atomic E-state index is -0.445. The van der Waals surface area contributed by atoms with E-state index in [1.807, 2.05) is 18.7 Å². The Morgan fingerprint density at radius 2 is 2.18 bits per heavy atom. The maximum Gasteiger partial charge on any atom is 0.191 e. The molecule has 0 spiro atoms. The third-order valence-electron chi connectivity index (χ3n) is 3.69. The summed E-state index contributed by atoms with van der Waals surface area (Å²) in [5.41, 5.74) is 0.263. The fourth-order valence-corrected chi connectivity index (χ4v) is 3.66. The van der Waals surface area contributed by atoms with Gasteiger partial charge in [-0.05, 0) is 50.6 Å². The van der Waals surface area contributed by atoms with Crippen LogP contribution in [0.1, 0.15) is 32.3 Å². The molecule has 6 heteroatoms. The van der Waals surface area contributed by atoms with Crippen LogP contribution in [-0.4, -0.2) is 29.5 Å². The normalized spacial score (nSPS) is 21.9. The molecule has 1 fully saturated rings. The van der Waals surface area contributed by atoms with Gasteiger partial charge in [-0.1, -0.05) is 0 Å². The second-order valence-corrected chi connectivity index (χ2v) is 7.37. The number of halogens is 2. The van der Waals surface area contributed by atoms with Crippen molar-refractivity contribution in [1.82, 2.24) is 10.6 Å². The quantitative estimate of drug-likeness (QED) is 0.643. The summed E-state index contributed by atoms with van der Waals surface area (Å²) in [7, 11) is 0. The highest BCUT2D eigenvalue weighted by Crippen LogP contribution is 2.36. The van der Waals surface area contributed by atoms with Gasteiger partial charge in [0.05, 0.1) is 6.54 Å². The highest BCUT2D eigenvalue weighted by molar-refractivity contribution is 8.00. The molecule has 0 bridgehead atoms. The summed E-state index contributed by atoms with van der Waals surface area (Å²) < 4.78 is 27.0. The van der Waals surface area contributed by atoms with Crippen molar-refractivity contribution in [1.29, 1.82) is 0 Å². The van der Waals surface area contributed by atoms with Crippen molar-refractivity contribution in [3.63, 3.8) is 0 Å². The highest BCUT2D eigenvalue weighted by Gasteiger charge is 2.29. The predicted molar refractivity (Wildman–Crippen MR) is 89.3 cm³/mol. The molecule has 1 aliphatic rings. The molecule has 1 aromatic rings. The molecule has 0 amide bonds. The Kier molecular flexibility index (Phi) is 6.06. The molecule has 2 rings (SSSR count). The zero-order chi connectivity index (χ0) is 16.0. The van der Waals surface area contributed by atoms with Crippen LogP contribution in [0.25, 0.3) is 0 Å². The van der Waals surface area contributed by atoms with Crippen LogP contribution in [0.3, 0.4) is 0 Å². The highest BCUT2D eigenvalue weighted by atomic mass is 32.2. The van der Waals surface area contributed by atoms with Gasteiger partial charge in [-0.3, -0.25) is 0 Å². The fraction of sp³-hybridized carbons (Fsp3) is 0.562. The first-order valence-electron chi connectivity index (χ1n) is 7.62. The molecule has 0 aliphatic carbocycles. The largest absolute Gasteiger partial charge is 0.357 e. The minimum Gasteiger partial charge on any atom is -0.357 e. The summed E-state index contributed by atoms with van der Waals surface area (Å²) in [5.74, 6) is 0.957. The van der Waals surface area contributed by atoms with Gasteiger partial charge in [-0.25, -0.2) is 13.8 Å². The number of nitrogens with zero attached hydrogens (tertiary/aromatic N) is 1. The number of nitrogens with one attached hydrogen (secondary N) is 2.